The first-order valence-electron chi connectivity index (χ1n) is 19.5. The summed E-state index contributed by atoms with van der Waals surface area (Å²) >= 11 is 0. The monoisotopic (exact) mass is 766 g/mol. The number of urea groups is 1. The largest absolute Gasteiger partial charge is 0.444 e. The van der Waals surface area contributed by atoms with Crippen LogP contribution in [0.1, 0.15) is 95.2 Å². The van der Waals surface area contributed by atoms with Gasteiger partial charge in [-0.05, 0) is 79.4 Å². The Kier molecular flexibility index (Phi) is 10.2. The molecule has 2 aliphatic carbocycles. The van der Waals surface area contributed by atoms with E-state index in [9.17, 15) is 32.4 Å². The van der Waals surface area contributed by atoms with Gasteiger partial charge in [-0.3, -0.25) is 24.0 Å². The number of fused-ring (bicyclic) bond motifs is 5. The minimum Gasteiger partial charge on any atom is -0.444 e. The maximum Gasteiger partial charge on any atom is 0.410 e. The predicted molar refractivity (Wildman–Crippen MR) is 199 cm³/mol. The van der Waals surface area contributed by atoms with E-state index in [-0.39, 0.29) is 25.4 Å². The first-order valence-corrected chi connectivity index (χ1v) is 21.1. The van der Waals surface area contributed by atoms with Crippen molar-refractivity contribution >= 4 is 39.9 Å². The molecule has 15 heteroatoms. The Labute approximate surface area is 317 Å². The Morgan fingerprint density at radius 2 is 1.74 bits per heavy atom. The average Bonchev–Trinajstić information content (AvgIpc) is 4.02. The molecule has 0 radical (unpaired) electrons. The lowest BCUT2D eigenvalue weighted by atomic mass is 9.85. The van der Waals surface area contributed by atoms with Gasteiger partial charge in [-0.1, -0.05) is 51.5 Å². The molecule has 54 heavy (non-hydrogen) atoms. The zero-order chi connectivity index (χ0) is 38.6. The number of piperidine rings is 1. The van der Waals surface area contributed by atoms with Crippen molar-refractivity contribution in [1.29, 1.82) is 0 Å². The van der Waals surface area contributed by atoms with E-state index in [1.54, 1.807) is 9.80 Å². The number of benzene rings is 1. The first kappa shape index (κ1) is 38.1. The normalized spacial score (nSPS) is 30.6. The number of amides is 6. The van der Waals surface area contributed by atoms with Gasteiger partial charge in [0.1, 0.15) is 23.7 Å². The third-order valence-corrected chi connectivity index (χ3v) is 14.0. The third-order valence-electron chi connectivity index (χ3n) is 12.2. The second-order valence-corrected chi connectivity index (χ2v) is 19.3. The fourth-order valence-corrected chi connectivity index (χ4v) is 10.1. The number of carbonyl (C=O) groups is 5. The van der Waals surface area contributed by atoms with Gasteiger partial charge in [0.25, 0.3) is 5.91 Å². The molecule has 2 saturated carbocycles. The summed E-state index contributed by atoms with van der Waals surface area (Å²) in [5.41, 5.74) is 1.09. The van der Waals surface area contributed by atoms with E-state index >= 15 is 0 Å². The summed E-state index contributed by atoms with van der Waals surface area (Å²) in [5.74, 6) is -2.21. The van der Waals surface area contributed by atoms with Gasteiger partial charge in [0.2, 0.25) is 21.8 Å². The second kappa shape index (κ2) is 14.5. The van der Waals surface area contributed by atoms with Crippen molar-refractivity contribution in [2.75, 3.05) is 19.6 Å². The molecule has 1 aromatic carbocycles. The lowest BCUT2D eigenvalue weighted by Crippen LogP contribution is -2.61. The Balaban J connectivity index is 1.17. The molecule has 4 heterocycles. The van der Waals surface area contributed by atoms with Crippen LogP contribution in [0.5, 0.6) is 0 Å². The molecule has 0 spiro atoms. The molecule has 14 nitrogen and oxygen atoms in total. The molecule has 6 aliphatic rings. The summed E-state index contributed by atoms with van der Waals surface area (Å²) < 4.78 is 33.6. The molecule has 1 aromatic rings. The van der Waals surface area contributed by atoms with E-state index < -0.39 is 74.1 Å². The van der Waals surface area contributed by atoms with Crippen molar-refractivity contribution in [1.82, 2.24) is 30.1 Å². The number of ether oxygens (including phenoxy) is 1. The van der Waals surface area contributed by atoms with Crippen molar-refractivity contribution in [2.24, 2.45) is 17.3 Å². The van der Waals surface area contributed by atoms with Gasteiger partial charge in [0, 0.05) is 38.5 Å². The van der Waals surface area contributed by atoms with E-state index in [1.807, 2.05) is 32.9 Å². The highest BCUT2D eigenvalue weighted by Gasteiger charge is 2.62. The van der Waals surface area contributed by atoms with Crippen LogP contribution in [0.2, 0.25) is 0 Å². The van der Waals surface area contributed by atoms with Crippen LogP contribution in [0.4, 0.5) is 9.59 Å². The maximum atomic E-state index is 14.7. The highest BCUT2D eigenvalue weighted by Crippen LogP contribution is 2.45. The van der Waals surface area contributed by atoms with Crippen LogP contribution >= 0.6 is 0 Å². The quantitative estimate of drug-likeness (QED) is 0.370. The molecule has 3 N–H and O–H groups in total. The van der Waals surface area contributed by atoms with Crippen LogP contribution < -0.4 is 15.4 Å². The summed E-state index contributed by atoms with van der Waals surface area (Å²) in [5, 5.41) is 5.15. The highest BCUT2D eigenvalue weighted by molar-refractivity contribution is 7.91. The number of nitrogens with zero attached hydrogens (tertiary/aromatic N) is 3. The van der Waals surface area contributed by atoms with Gasteiger partial charge < -0.3 is 25.2 Å². The van der Waals surface area contributed by atoms with E-state index in [0.29, 0.717) is 44.9 Å². The van der Waals surface area contributed by atoms with Crippen molar-refractivity contribution in [2.45, 2.75) is 127 Å². The van der Waals surface area contributed by atoms with Crippen molar-refractivity contribution in [3.8, 4) is 0 Å². The molecule has 294 valence electrons. The van der Waals surface area contributed by atoms with Crippen molar-refractivity contribution < 1.29 is 37.1 Å². The van der Waals surface area contributed by atoms with Crippen LogP contribution in [0.25, 0.3) is 0 Å². The zero-order valence-electron chi connectivity index (χ0n) is 31.6. The zero-order valence-corrected chi connectivity index (χ0v) is 32.4. The van der Waals surface area contributed by atoms with Gasteiger partial charge in [0.15, 0.2) is 0 Å². The van der Waals surface area contributed by atoms with E-state index in [2.05, 4.69) is 28.0 Å². The number of aryl methyl sites for hydroxylation is 1. The fourth-order valence-electron chi connectivity index (χ4n) is 8.73. The summed E-state index contributed by atoms with van der Waals surface area (Å²) in [6, 6.07) is 3.62. The van der Waals surface area contributed by atoms with E-state index in [4.69, 9.17) is 4.74 Å². The topological polar surface area (TPSA) is 175 Å². The molecule has 2 saturated heterocycles. The van der Waals surface area contributed by atoms with Gasteiger partial charge in [-0.2, -0.15) is 0 Å². The van der Waals surface area contributed by atoms with Gasteiger partial charge in [0.05, 0.1) is 11.8 Å². The molecule has 0 aromatic heterocycles. The molecule has 4 aliphatic heterocycles. The van der Waals surface area contributed by atoms with Gasteiger partial charge in [-0.15, -0.1) is 6.58 Å². The van der Waals surface area contributed by atoms with Crippen LogP contribution in [-0.2, 0) is 48.7 Å². The average molecular weight is 767 g/mol. The molecule has 6 bridgehead atoms. The standard InChI is InChI=1S/C39H54N6O8S/c1-5-27-19-39(27,35(48)42-54(51,52)29-15-16-29)41-33(46)31-18-28-22-45(31)34(47)32(38(2,3)4)40-36(49)43-17-9-11-24(20-43)10-6-7-12-25-13-8-14-26-21-44(23-30(25)26)37(50)53-28/h5,8,13-14,24,27-29,31-32H,1,6-7,9-12,15-23H2,2-4H3,(H,40,49)(H,41,46)(H,42,48)/t24-,27?,28-,31+,32-,39-/m1/s1. The Morgan fingerprint density at radius 1 is 1.00 bits per heavy atom. The number of hydrogen-bond acceptors (Lipinski definition) is 8. The lowest BCUT2D eigenvalue weighted by molar-refractivity contribution is -0.142. The highest BCUT2D eigenvalue weighted by atomic mass is 32.2. The van der Waals surface area contributed by atoms with Crippen LogP contribution in [0.15, 0.2) is 30.9 Å². The van der Waals surface area contributed by atoms with Crippen LogP contribution in [-0.4, -0.2) is 102 Å². The Morgan fingerprint density at radius 3 is 2.44 bits per heavy atom. The summed E-state index contributed by atoms with van der Waals surface area (Å²) in [6.45, 7) is 11.2. The van der Waals surface area contributed by atoms with Crippen LogP contribution in [0, 0.1) is 17.3 Å². The summed E-state index contributed by atoms with van der Waals surface area (Å²) in [7, 11) is -3.90. The number of carbonyl (C=O) groups excluding carboxylic acids is 5. The first-order chi connectivity index (χ1) is 25.6. The van der Waals surface area contributed by atoms with Crippen molar-refractivity contribution in [3.63, 3.8) is 0 Å². The van der Waals surface area contributed by atoms with Gasteiger partial charge >= 0.3 is 12.1 Å². The molecule has 6 atom stereocenters. The smallest absolute Gasteiger partial charge is 0.410 e. The Bertz CT molecular complexity index is 1820. The SMILES string of the molecule is C=CC1C[C@]1(NC(=O)[C@@H]1C[C@@H]2CN1C(=O)[C@H](C(C)(C)C)NC(=O)N1CCC[C@@H](CCCCc3cccc4c3CN(C4)C(=O)O2)C1)C(=O)NS(=O)(=O)C1CC1. The maximum absolute atomic E-state index is 14.7. The van der Waals surface area contributed by atoms with Crippen LogP contribution in [0.3, 0.4) is 0 Å². The third kappa shape index (κ3) is 7.70. The minimum atomic E-state index is -3.90. The Hall–Kier alpha value is -4.14. The number of sulfonamides is 1. The number of hydrogen-bond donors (Lipinski definition) is 3. The number of nitrogens with one attached hydrogen (secondary N) is 3. The predicted octanol–water partition coefficient (Wildman–Crippen LogP) is 3.34. The summed E-state index contributed by atoms with van der Waals surface area (Å²) in [4.78, 5) is 74.8. The lowest BCUT2D eigenvalue weighted by Gasteiger charge is -2.38. The summed E-state index contributed by atoms with van der Waals surface area (Å²) in [6.07, 6.45) is 6.91. The molecule has 7 rings (SSSR count). The van der Waals surface area contributed by atoms with E-state index in [1.165, 1.54) is 16.5 Å². The number of rotatable bonds is 6. The fraction of sp³-hybridized carbons (Fsp3) is 0.667. The van der Waals surface area contributed by atoms with E-state index in [0.717, 1.165) is 49.7 Å². The molecular formula is C39H54N6O8S. The molecule has 6 amide bonds. The van der Waals surface area contributed by atoms with Gasteiger partial charge in [-0.25, -0.2) is 18.0 Å². The van der Waals surface area contributed by atoms with Crippen molar-refractivity contribution in [3.05, 3.63) is 47.5 Å². The minimum absolute atomic E-state index is 0.0508. The molecular weight excluding hydrogens is 713 g/mol. The molecule has 1 unspecified atom stereocenters. The molecule has 4 fully saturated rings. The second-order valence-electron chi connectivity index (χ2n) is 17.3.